The van der Waals surface area contributed by atoms with Crippen molar-refractivity contribution < 1.29 is 4.79 Å². The van der Waals surface area contributed by atoms with Crippen molar-refractivity contribution in [2.75, 3.05) is 0 Å². The van der Waals surface area contributed by atoms with Crippen molar-refractivity contribution in [3.8, 4) is 0 Å². The summed E-state index contributed by atoms with van der Waals surface area (Å²) in [5.41, 5.74) is 3.32. The van der Waals surface area contributed by atoms with Crippen molar-refractivity contribution in [1.29, 1.82) is 0 Å². The average Bonchev–Trinajstić information content (AvgIpc) is 2.93. The van der Waals surface area contributed by atoms with Gasteiger partial charge in [-0.2, -0.15) is 0 Å². The van der Waals surface area contributed by atoms with Crippen LogP contribution in [0.25, 0.3) is 0 Å². The van der Waals surface area contributed by atoms with Gasteiger partial charge in [0, 0.05) is 48.7 Å². The molecule has 2 heterocycles. The van der Waals surface area contributed by atoms with Crippen LogP contribution in [0.15, 0.2) is 24.8 Å². The number of ketones is 1. The van der Waals surface area contributed by atoms with Crippen molar-refractivity contribution in [2.24, 2.45) is 5.41 Å². The first-order valence-corrected chi connectivity index (χ1v) is 6.74. The molecule has 3 rings (SSSR count). The zero-order chi connectivity index (χ0) is 13.5. The second-order valence-electron chi connectivity index (χ2n) is 6.14. The van der Waals surface area contributed by atoms with E-state index < -0.39 is 0 Å². The smallest absolute Gasteiger partial charge is 0.165 e. The van der Waals surface area contributed by atoms with E-state index in [0.717, 1.165) is 30.6 Å². The molecule has 0 aliphatic heterocycles. The lowest BCUT2D eigenvalue weighted by Gasteiger charge is -2.29. The molecule has 4 nitrogen and oxygen atoms in total. The Balaban J connectivity index is 1.82. The number of aromatic nitrogens is 3. The first-order valence-electron chi connectivity index (χ1n) is 6.74. The van der Waals surface area contributed by atoms with Gasteiger partial charge >= 0.3 is 0 Å². The van der Waals surface area contributed by atoms with Gasteiger partial charge in [0.1, 0.15) is 0 Å². The van der Waals surface area contributed by atoms with Crippen LogP contribution in [-0.2, 0) is 19.4 Å². The van der Waals surface area contributed by atoms with E-state index in [1.54, 1.807) is 6.33 Å². The summed E-state index contributed by atoms with van der Waals surface area (Å²) in [5, 5.41) is 0. The van der Waals surface area contributed by atoms with E-state index >= 15 is 0 Å². The first kappa shape index (κ1) is 12.2. The molecule has 100 valence electrons. The second kappa shape index (κ2) is 4.37. The Labute approximate surface area is 112 Å². The van der Waals surface area contributed by atoms with Gasteiger partial charge in [-0.1, -0.05) is 13.8 Å². The highest BCUT2D eigenvalue weighted by atomic mass is 16.1. The van der Waals surface area contributed by atoms with E-state index in [0.29, 0.717) is 6.42 Å². The third-order valence-corrected chi connectivity index (χ3v) is 3.84. The van der Waals surface area contributed by atoms with E-state index in [1.165, 1.54) is 5.69 Å². The van der Waals surface area contributed by atoms with Gasteiger partial charge in [-0.15, -0.1) is 0 Å². The lowest BCUT2D eigenvalue weighted by Crippen LogP contribution is -2.28. The highest BCUT2D eigenvalue weighted by Crippen LogP contribution is 2.35. The molecule has 1 aliphatic carbocycles. The number of imidazole rings is 1. The molecule has 0 aromatic carbocycles. The minimum absolute atomic E-state index is 0.0776. The van der Waals surface area contributed by atoms with E-state index in [4.69, 9.17) is 0 Å². The number of aromatic amines is 1. The quantitative estimate of drug-likeness (QED) is 0.919. The molecule has 1 aliphatic rings. The number of nitrogens with zero attached hydrogens (tertiary/aromatic N) is 2. The van der Waals surface area contributed by atoms with E-state index in [1.807, 2.05) is 18.5 Å². The number of Topliss-reactive ketones (excluding diaryl/α,β-unsaturated/α-hetero) is 1. The van der Waals surface area contributed by atoms with Crippen LogP contribution < -0.4 is 0 Å². The lowest BCUT2D eigenvalue weighted by molar-refractivity contribution is 0.0910. The summed E-state index contributed by atoms with van der Waals surface area (Å²) in [6.07, 6.45) is 8.14. The zero-order valence-electron chi connectivity index (χ0n) is 11.4. The third-order valence-electron chi connectivity index (χ3n) is 3.84. The highest BCUT2D eigenvalue weighted by Gasteiger charge is 2.32. The Morgan fingerprint density at radius 3 is 3.00 bits per heavy atom. The van der Waals surface area contributed by atoms with Crippen LogP contribution in [-0.4, -0.2) is 20.3 Å². The molecule has 19 heavy (non-hydrogen) atoms. The Morgan fingerprint density at radius 1 is 1.42 bits per heavy atom. The molecule has 0 amide bonds. The minimum Gasteiger partial charge on any atom is -0.350 e. The molecule has 0 unspecified atom stereocenters. The van der Waals surface area contributed by atoms with Crippen LogP contribution in [0, 0.1) is 5.41 Å². The minimum atomic E-state index is 0.0776. The third kappa shape index (κ3) is 2.35. The van der Waals surface area contributed by atoms with Crippen molar-refractivity contribution in [3.05, 3.63) is 41.7 Å². The van der Waals surface area contributed by atoms with Crippen molar-refractivity contribution in [3.63, 3.8) is 0 Å². The number of rotatable bonds is 3. The predicted octanol–water partition coefficient (Wildman–Crippen LogP) is 2.61. The summed E-state index contributed by atoms with van der Waals surface area (Å²) in [5.74, 6) is 0.284. The lowest BCUT2D eigenvalue weighted by atomic mass is 9.76. The monoisotopic (exact) mass is 257 g/mol. The van der Waals surface area contributed by atoms with Gasteiger partial charge in [-0.05, 0) is 17.9 Å². The van der Waals surface area contributed by atoms with Crippen molar-refractivity contribution in [1.82, 2.24) is 14.5 Å². The van der Waals surface area contributed by atoms with Gasteiger partial charge < -0.3 is 9.55 Å². The largest absolute Gasteiger partial charge is 0.350 e. The summed E-state index contributed by atoms with van der Waals surface area (Å²) in [6, 6.07) is 1.97. The predicted molar refractivity (Wildman–Crippen MR) is 73.2 cm³/mol. The molecule has 1 N–H and O–H groups in total. The average molecular weight is 257 g/mol. The molecule has 0 fully saturated rings. The number of H-pyrrole nitrogens is 1. The second-order valence-corrected chi connectivity index (χ2v) is 6.14. The number of fused-ring (bicyclic) bond motifs is 1. The van der Waals surface area contributed by atoms with E-state index in [-0.39, 0.29) is 11.2 Å². The topological polar surface area (TPSA) is 50.7 Å². The van der Waals surface area contributed by atoms with Crippen LogP contribution in [0.4, 0.5) is 0 Å². The zero-order valence-corrected chi connectivity index (χ0v) is 11.4. The summed E-state index contributed by atoms with van der Waals surface area (Å²) < 4.78 is 2.22. The van der Waals surface area contributed by atoms with Crippen LogP contribution in [0.5, 0.6) is 0 Å². The fourth-order valence-corrected chi connectivity index (χ4v) is 2.87. The van der Waals surface area contributed by atoms with Gasteiger partial charge in [0.15, 0.2) is 5.78 Å². The molecular weight excluding hydrogens is 238 g/mol. The molecule has 2 aromatic heterocycles. The Bertz CT molecular complexity index is 593. The maximum Gasteiger partial charge on any atom is 0.165 e. The van der Waals surface area contributed by atoms with Gasteiger partial charge in [-0.25, -0.2) is 4.98 Å². The molecule has 0 saturated carbocycles. The van der Waals surface area contributed by atoms with Crippen molar-refractivity contribution in [2.45, 2.75) is 39.7 Å². The summed E-state index contributed by atoms with van der Waals surface area (Å²) in [6.45, 7) is 5.22. The molecule has 0 atom stereocenters. The Kier molecular flexibility index (Phi) is 2.81. The number of carbonyl (C=O) groups excluding carboxylic acids is 1. The van der Waals surface area contributed by atoms with Crippen molar-refractivity contribution >= 4 is 5.78 Å². The van der Waals surface area contributed by atoms with Crippen LogP contribution in [0.1, 0.15) is 42.0 Å². The van der Waals surface area contributed by atoms with Crippen LogP contribution in [0.3, 0.4) is 0 Å². The number of hydrogen-bond acceptors (Lipinski definition) is 2. The fraction of sp³-hybridized carbons (Fsp3) is 0.467. The molecule has 0 spiro atoms. The number of aryl methyl sites for hydroxylation is 2. The standard InChI is InChI=1S/C15H19N3O/c1-15(2)7-13-12(14(19)8-15)4-6-18(13)5-3-11-9-16-10-17-11/h4,6,9-10H,3,5,7-8H2,1-2H3,(H,16,17). The molecule has 0 bridgehead atoms. The SMILES string of the molecule is CC1(C)CC(=O)c2ccn(CCc3cnc[nH]3)c2C1. The van der Waals surface area contributed by atoms with Gasteiger partial charge in [0.05, 0.1) is 6.33 Å². The van der Waals surface area contributed by atoms with Crippen LogP contribution >= 0.6 is 0 Å². The molecule has 0 radical (unpaired) electrons. The van der Waals surface area contributed by atoms with E-state index in [9.17, 15) is 4.79 Å². The Hall–Kier alpha value is -1.84. The van der Waals surface area contributed by atoms with Crippen LogP contribution in [0.2, 0.25) is 0 Å². The fourth-order valence-electron chi connectivity index (χ4n) is 2.87. The maximum absolute atomic E-state index is 12.1. The highest BCUT2D eigenvalue weighted by molar-refractivity contribution is 5.98. The molecule has 0 saturated heterocycles. The summed E-state index contributed by atoms with van der Waals surface area (Å²) in [7, 11) is 0. The maximum atomic E-state index is 12.1. The molecule has 4 heteroatoms. The van der Waals surface area contributed by atoms with E-state index in [2.05, 4.69) is 28.4 Å². The van der Waals surface area contributed by atoms with Gasteiger partial charge in [0.25, 0.3) is 0 Å². The number of hydrogen-bond donors (Lipinski definition) is 1. The first-order chi connectivity index (χ1) is 9.05. The summed E-state index contributed by atoms with van der Waals surface area (Å²) >= 11 is 0. The summed E-state index contributed by atoms with van der Waals surface area (Å²) in [4.78, 5) is 19.3. The number of nitrogens with one attached hydrogen (secondary N) is 1. The Morgan fingerprint density at radius 2 is 2.26 bits per heavy atom. The normalized spacial score (nSPS) is 17.5. The number of carbonyl (C=O) groups is 1. The molecular formula is C15H19N3O. The van der Waals surface area contributed by atoms with Gasteiger partial charge in [0.2, 0.25) is 0 Å². The molecule has 2 aromatic rings. The van der Waals surface area contributed by atoms with Gasteiger partial charge in [-0.3, -0.25) is 4.79 Å².